The van der Waals surface area contributed by atoms with Crippen LogP contribution in [0.4, 0.5) is 0 Å². The highest BCUT2D eigenvalue weighted by Gasteiger charge is 2.10. The maximum absolute atomic E-state index is 6.01. The molecule has 2 aromatic rings. The third kappa shape index (κ3) is 3.41. The third-order valence-electron chi connectivity index (χ3n) is 3.07. The van der Waals surface area contributed by atoms with Gasteiger partial charge in [-0.25, -0.2) is 0 Å². The number of para-hydroxylation sites is 1. The number of hydrogen-bond donors (Lipinski definition) is 1. The average molecular weight is 338 g/mol. The Morgan fingerprint density at radius 2 is 2.20 bits per heavy atom. The zero-order valence-electron chi connectivity index (χ0n) is 12.1. The predicted octanol–water partition coefficient (Wildman–Crippen LogP) is 3.27. The molecule has 4 nitrogen and oxygen atoms in total. The molecule has 20 heavy (non-hydrogen) atoms. The summed E-state index contributed by atoms with van der Waals surface area (Å²) in [4.78, 5) is 0. The highest BCUT2D eigenvalue weighted by molar-refractivity contribution is 9.10. The van der Waals surface area contributed by atoms with E-state index < -0.39 is 0 Å². The van der Waals surface area contributed by atoms with Crippen molar-refractivity contribution in [3.8, 4) is 5.75 Å². The number of benzene rings is 1. The molecule has 108 valence electrons. The molecule has 1 aromatic carbocycles. The number of halogens is 1. The molecular formula is C15H20BrN3O. The molecule has 0 saturated heterocycles. The molecule has 0 aliphatic rings. The first-order chi connectivity index (χ1) is 9.65. The van der Waals surface area contributed by atoms with Crippen LogP contribution in [0.25, 0.3) is 0 Å². The van der Waals surface area contributed by atoms with E-state index in [9.17, 15) is 0 Å². The summed E-state index contributed by atoms with van der Waals surface area (Å²) in [6, 6.07) is 8.15. The van der Waals surface area contributed by atoms with Crippen molar-refractivity contribution in [3.05, 3.63) is 45.7 Å². The van der Waals surface area contributed by atoms with Gasteiger partial charge in [-0.3, -0.25) is 4.68 Å². The van der Waals surface area contributed by atoms with Crippen molar-refractivity contribution in [3.63, 3.8) is 0 Å². The molecule has 0 aliphatic carbocycles. The van der Waals surface area contributed by atoms with Crippen LogP contribution in [0.15, 0.2) is 28.7 Å². The highest BCUT2D eigenvalue weighted by Crippen LogP contribution is 2.29. The van der Waals surface area contributed by atoms with Gasteiger partial charge in [-0.2, -0.15) is 5.10 Å². The summed E-state index contributed by atoms with van der Waals surface area (Å²) in [7, 11) is 1.93. The Labute approximate surface area is 128 Å². The Balaban J connectivity index is 2.18. The molecule has 0 spiro atoms. The number of hydrogen-bond acceptors (Lipinski definition) is 3. The largest absolute Gasteiger partial charge is 0.486 e. The lowest BCUT2D eigenvalue weighted by Gasteiger charge is -2.13. The number of ether oxygens (including phenoxy) is 1. The highest BCUT2D eigenvalue weighted by atomic mass is 79.9. The monoisotopic (exact) mass is 337 g/mol. The van der Waals surface area contributed by atoms with E-state index in [1.807, 2.05) is 30.8 Å². The van der Waals surface area contributed by atoms with Crippen molar-refractivity contribution >= 4 is 15.9 Å². The van der Waals surface area contributed by atoms with Crippen LogP contribution in [0.1, 0.15) is 23.9 Å². The molecule has 0 amide bonds. The molecule has 0 saturated carbocycles. The predicted molar refractivity (Wildman–Crippen MR) is 83.9 cm³/mol. The minimum atomic E-state index is 0.522. The lowest BCUT2D eigenvalue weighted by Crippen LogP contribution is -2.10. The molecular weight excluding hydrogens is 318 g/mol. The molecule has 0 fully saturated rings. The Morgan fingerprint density at radius 3 is 2.90 bits per heavy atom. The minimum absolute atomic E-state index is 0.522. The molecule has 1 aromatic heterocycles. The van der Waals surface area contributed by atoms with Crippen molar-refractivity contribution < 1.29 is 4.74 Å². The van der Waals surface area contributed by atoms with Gasteiger partial charge in [0.25, 0.3) is 0 Å². The van der Waals surface area contributed by atoms with Gasteiger partial charge in [0.05, 0.1) is 15.9 Å². The fraction of sp³-hybridized carbons (Fsp3) is 0.400. The van der Waals surface area contributed by atoms with Gasteiger partial charge >= 0.3 is 0 Å². The van der Waals surface area contributed by atoms with Crippen molar-refractivity contribution in [2.24, 2.45) is 0 Å². The maximum atomic E-state index is 6.01. The smallest absolute Gasteiger partial charge is 0.138 e. The topological polar surface area (TPSA) is 39.1 Å². The number of rotatable bonds is 6. The number of nitrogens with zero attached hydrogens (tertiary/aromatic N) is 2. The molecule has 0 radical (unpaired) electrons. The number of nitrogens with one attached hydrogen (secondary N) is 1. The van der Waals surface area contributed by atoms with E-state index in [-0.39, 0.29) is 0 Å². The Kier molecular flexibility index (Phi) is 5.20. The fourth-order valence-corrected chi connectivity index (χ4v) is 2.70. The second-order valence-corrected chi connectivity index (χ2v) is 5.49. The third-order valence-corrected chi connectivity index (χ3v) is 3.69. The molecule has 1 heterocycles. The van der Waals surface area contributed by atoms with Crippen molar-refractivity contribution in [2.75, 3.05) is 7.05 Å². The van der Waals surface area contributed by atoms with Gasteiger partial charge in [-0.1, -0.05) is 12.1 Å². The van der Waals surface area contributed by atoms with Crippen molar-refractivity contribution in [1.29, 1.82) is 0 Å². The van der Waals surface area contributed by atoms with Gasteiger partial charge in [-0.15, -0.1) is 0 Å². The zero-order valence-corrected chi connectivity index (χ0v) is 13.7. The summed E-state index contributed by atoms with van der Waals surface area (Å²) in [5.74, 6) is 0.892. The van der Waals surface area contributed by atoms with Gasteiger partial charge in [0.15, 0.2) is 0 Å². The van der Waals surface area contributed by atoms with Crippen LogP contribution in [-0.2, 0) is 19.7 Å². The van der Waals surface area contributed by atoms with Crippen LogP contribution in [-0.4, -0.2) is 16.8 Å². The van der Waals surface area contributed by atoms with Crippen LogP contribution in [0.3, 0.4) is 0 Å². The van der Waals surface area contributed by atoms with Crippen LogP contribution in [0.5, 0.6) is 5.75 Å². The Bertz CT molecular complexity index is 580. The van der Waals surface area contributed by atoms with Gasteiger partial charge in [0, 0.05) is 18.7 Å². The van der Waals surface area contributed by atoms with Crippen molar-refractivity contribution in [2.45, 2.75) is 33.5 Å². The number of aryl methyl sites for hydroxylation is 2. The lowest BCUT2D eigenvalue weighted by atomic mass is 10.2. The summed E-state index contributed by atoms with van der Waals surface area (Å²) in [5, 5.41) is 7.59. The second-order valence-electron chi connectivity index (χ2n) is 4.64. The summed E-state index contributed by atoms with van der Waals surface area (Å²) in [5.41, 5.74) is 3.25. The van der Waals surface area contributed by atoms with Crippen LogP contribution >= 0.6 is 15.9 Å². The molecule has 5 heteroatoms. The molecule has 0 unspecified atom stereocenters. The van der Waals surface area contributed by atoms with Gasteiger partial charge in [0.1, 0.15) is 12.4 Å². The summed E-state index contributed by atoms with van der Waals surface area (Å²) < 4.78 is 8.97. The average Bonchev–Trinajstić information content (AvgIpc) is 2.79. The molecule has 0 atom stereocenters. The van der Waals surface area contributed by atoms with Crippen LogP contribution < -0.4 is 10.1 Å². The fourth-order valence-electron chi connectivity index (χ4n) is 2.18. The lowest BCUT2D eigenvalue weighted by molar-refractivity contribution is 0.287. The standard InChI is InChI=1S/C15H20BrN3O/c1-4-19-13(8-11(2)18-19)10-20-15-12(9-17-3)6-5-7-14(15)16/h5-8,17H,4,9-10H2,1-3H3. The zero-order chi connectivity index (χ0) is 14.5. The van der Waals surface area contributed by atoms with E-state index in [1.54, 1.807) is 0 Å². The number of aromatic nitrogens is 2. The van der Waals surface area contributed by atoms with E-state index in [4.69, 9.17) is 4.74 Å². The van der Waals surface area contributed by atoms with Crippen LogP contribution in [0, 0.1) is 6.92 Å². The molecule has 0 bridgehead atoms. The maximum Gasteiger partial charge on any atom is 0.138 e. The first kappa shape index (κ1) is 15.1. The first-order valence-corrected chi connectivity index (χ1v) is 7.53. The van der Waals surface area contributed by atoms with Gasteiger partial charge in [-0.05, 0) is 49.0 Å². The van der Waals surface area contributed by atoms with Crippen LogP contribution in [0.2, 0.25) is 0 Å². The van der Waals surface area contributed by atoms with Crippen molar-refractivity contribution in [1.82, 2.24) is 15.1 Å². The Hall–Kier alpha value is -1.33. The molecule has 1 N–H and O–H groups in total. The van der Waals surface area contributed by atoms with E-state index in [1.165, 1.54) is 0 Å². The van der Waals surface area contributed by atoms with E-state index in [0.717, 1.165) is 40.3 Å². The minimum Gasteiger partial charge on any atom is -0.486 e. The van der Waals surface area contributed by atoms with E-state index in [2.05, 4.69) is 45.4 Å². The second kappa shape index (κ2) is 6.90. The summed E-state index contributed by atoms with van der Waals surface area (Å²) >= 11 is 3.56. The Morgan fingerprint density at radius 1 is 1.40 bits per heavy atom. The molecule has 0 aliphatic heterocycles. The van der Waals surface area contributed by atoms with Gasteiger partial charge < -0.3 is 10.1 Å². The quantitative estimate of drug-likeness (QED) is 0.879. The van der Waals surface area contributed by atoms with Gasteiger partial charge in [0.2, 0.25) is 0 Å². The SMILES string of the molecule is CCn1nc(C)cc1COc1c(Br)cccc1CNC. The summed E-state index contributed by atoms with van der Waals surface area (Å²) in [6.45, 7) is 6.24. The van der Waals surface area contributed by atoms with E-state index >= 15 is 0 Å². The molecule has 2 rings (SSSR count). The first-order valence-electron chi connectivity index (χ1n) is 6.73. The van der Waals surface area contributed by atoms with E-state index in [0.29, 0.717) is 6.61 Å². The summed E-state index contributed by atoms with van der Waals surface area (Å²) in [6.07, 6.45) is 0. The normalized spacial score (nSPS) is 10.8.